The number of hydrogen-bond donors (Lipinski definition) is 3. The Bertz CT molecular complexity index is 481. The average molecular weight is 291 g/mol. The van der Waals surface area contributed by atoms with Gasteiger partial charge in [-0.15, -0.1) is 0 Å². The van der Waals surface area contributed by atoms with Crippen molar-refractivity contribution in [3.8, 4) is 5.75 Å². The van der Waals surface area contributed by atoms with Gasteiger partial charge in [-0.2, -0.15) is 0 Å². The van der Waals surface area contributed by atoms with Crippen molar-refractivity contribution in [2.75, 3.05) is 18.9 Å². The van der Waals surface area contributed by atoms with Gasteiger partial charge in [0, 0.05) is 12.7 Å². The molecular weight excluding hydrogens is 270 g/mol. The van der Waals surface area contributed by atoms with Crippen LogP contribution in [0.2, 0.25) is 0 Å². The van der Waals surface area contributed by atoms with E-state index in [9.17, 15) is 9.59 Å². The minimum atomic E-state index is -0.414. The largest absolute Gasteiger partial charge is 0.490 e. The molecule has 1 aromatic rings. The summed E-state index contributed by atoms with van der Waals surface area (Å²) in [4.78, 5) is 22.6. The van der Waals surface area contributed by atoms with Crippen molar-refractivity contribution in [3.63, 3.8) is 0 Å². The zero-order valence-electron chi connectivity index (χ0n) is 12.1. The highest BCUT2D eigenvalue weighted by Gasteiger charge is 2.16. The van der Waals surface area contributed by atoms with Crippen LogP contribution in [-0.2, 0) is 4.79 Å². The lowest BCUT2D eigenvalue weighted by atomic mass is 10.3. The molecule has 3 amide bonds. The summed E-state index contributed by atoms with van der Waals surface area (Å²) < 4.78 is 5.85. The molecule has 114 valence electrons. The number of anilines is 1. The van der Waals surface area contributed by atoms with Gasteiger partial charge in [-0.05, 0) is 49.9 Å². The minimum absolute atomic E-state index is 0.0504. The first-order valence-electron chi connectivity index (χ1n) is 7.19. The molecule has 1 aliphatic rings. The highest BCUT2D eigenvalue weighted by Crippen LogP contribution is 2.24. The van der Waals surface area contributed by atoms with Gasteiger partial charge in [-0.25, -0.2) is 4.79 Å². The van der Waals surface area contributed by atoms with E-state index in [4.69, 9.17) is 4.74 Å². The predicted octanol–water partition coefficient (Wildman–Crippen LogP) is 1.88. The van der Waals surface area contributed by atoms with E-state index in [2.05, 4.69) is 16.0 Å². The third kappa shape index (κ3) is 4.98. The zero-order valence-corrected chi connectivity index (χ0v) is 12.1. The fourth-order valence-corrected chi connectivity index (χ4v) is 2.24. The summed E-state index contributed by atoms with van der Waals surface area (Å²) in [5.41, 5.74) is 0.656. The van der Waals surface area contributed by atoms with Crippen molar-refractivity contribution in [1.82, 2.24) is 10.6 Å². The molecule has 0 unspecified atom stereocenters. The van der Waals surface area contributed by atoms with Crippen LogP contribution in [0.25, 0.3) is 0 Å². The maximum Gasteiger partial charge on any atom is 0.319 e. The Morgan fingerprint density at radius 3 is 2.48 bits per heavy atom. The Morgan fingerprint density at radius 1 is 1.19 bits per heavy atom. The van der Waals surface area contributed by atoms with E-state index in [0.717, 1.165) is 18.6 Å². The first kappa shape index (κ1) is 15.2. The van der Waals surface area contributed by atoms with Crippen molar-refractivity contribution < 1.29 is 14.3 Å². The van der Waals surface area contributed by atoms with E-state index < -0.39 is 6.03 Å². The quantitative estimate of drug-likeness (QED) is 0.775. The number of carbonyl (C=O) groups excluding carboxylic acids is 2. The molecule has 0 aliphatic heterocycles. The predicted molar refractivity (Wildman–Crippen MR) is 80.4 cm³/mol. The van der Waals surface area contributed by atoms with Gasteiger partial charge in [0.15, 0.2) is 0 Å². The Kier molecular flexibility index (Phi) is 5.43. The van der Waals surface area contributed by atoms with E-state index in [1.165, 1.54) is 19.9 Å². The highest BCUT2D eigenvalue weighted by molar-refractivity contribution is 5.92. The molecule has 0 atom stereocenters. The third-order valence-corrected chi connectivity index (χ3v) is 3.41. The summed E-state index contributed by atoms with van der Waals surface area (Å²) in [6.45, 7) is -0.0504. The fraction of sp³-hybridized carbons (Fsp3) is 0.467. The van der Waals surface area contributed by atoms with Gasteiger partial charge in [0.05, 0.1) is 12.6 Å². The molecule has 0 spiro atoms. The van der Waals surface area contributed by atoms with Crippen LogP contribution < -0.4 is 20.7 Å². The van der Waals surface area contributed by atoms with E-state index in [1.54, 1.807) is 12.1 Å². The van der Waals surface area contributed by atoms with Gasteiger partial charge in [-0.1, -0.05) is 0 Å². The molecule has 1 saturated carbocycles. The van der Waals surface area contributed by atoms with Crippen LogP contribution in [0.5, 0.6) is 5.75 Å². The Balaban J connectivity index is 1.78. The molecule has 1 fully saturated rings. The van der Waals surface area contributed by atoms with Gasteiger partial charge in [0.1, 0.15) is 5.75 Å². The molecule has 0 bridgehead atoms. The third-order valence-electron chi connectivity index (χ3n) is 3.41. The number of likely N-dealkylation sites (N-methyl/N-ethyl adjacent to an activating group) is 1. The van der Waals surface area contributed by atoms with Crippen molar-refractivity contribution >= 4 is 17.6 Å². The van der Waals surface area contributed by atoms with E-state index in [0.29, 0.717) is 11.8 Å². The fourth-order valence-electron chi connectivity index (χ4n) is 2.24. The van der Waals surface area contributed by atoms with Crippen molar-refractivity contribution in [3.05, 3.63) is 24.3 Å². The lowest BCUT2D eigenvalue weighted by molar-refractivity contribution is -0.119. The highest BCUT2D eigenvalue weighted by atomic mass is 16.5. The lowest BCUT2D eigenvalue weighted by Gasteiger charge is -2.13. The summed E-state index contributed by atoms with van der Waals surface area (Å²) in [6, 6.07) is 6.83. The van der Waals surface area contributed by atoms with Gasteiger partial charge < -0.3 is 20.7 Å². The van der Waals surface area contributed by atoms with Crippen molar-refractivity contribution in [2.24, 2.45) is 0 Å². The number of benzene rings is 1. The first-order chi connectivity index (χ1) is 10.2. The molecular formula is C15H21N3O3. The monoisotopic (exact) mass is 291 g/mol. The molecule has 21 heavy (non-hydrogen) atoms. The molecule has 0 heterocycles. The van der Waals surface area contributed by atoms with Crippen LogP contribution in [0, 0.1) is 0 Å². The van der Waals surface area contributed by atoms with E-state index >= 15 is 0 Å². The number of carbonyl (C=O) groups is 2. The number of nitrogens with one attached hydrogen (secondary N) is 3. The van der Waals surface area contributed by atoms with Crippen molar-refractivity contribution in [2.45, 2.75) is 31.8 Å². The Morgan fingerprint density at radius 2 is 1.86 bits per heavy atom. The minimum Gasteiger partial charge on any atom is -0.490 e. The smallest absolute Gasteiger partial charge is 0.319 e. The van der Waals surface area contributed by atoms with Crippen molar-refractivity contribution in [1.29, 1.82) is 0 Å². The molecule has 3 N–H and O–H groups in total. The number of amides is 3. The van der Waals surface area contributed by atoms with Gasteiger partial charge in [-0.3, -0.25) is 4.79 Å². The van der Waals surface area contributed by atoms with Crippen LogP contribution >= 0.6 is 0 Å². The molecule has 1 aromatic carbocycles. The maximum atomic E-state index is 11.6. The molecule has 0 saturated heterocycles. The standard InChI is InChI=1S/C15H21N3O3/c1-16-14(19)10-17-15(20)18-11-6-8-13(9-7-11)21-12-4-2-3-5-12/h6-9,12H,2-5,10H2,1H3,(H,16,19)(H2,17,18,20). The van der Waals surface area contributed by atoms with Crippen LogP contribution in [0.4, 0.5) is 10.5 Å². The summed E-state index contributed by atoms with van der Waals surface area (Å²) in [7, 11) is 1.52. The normalized spacial score (nSPS) is 14.5. The lowest BCUT2D eigenvalue weighted by Crippen LogP contribution is -2.37. The Hall–Kier alpha value is -2.24. The van der Waals surface area contributed by atoms with Crippen LogP contribution in [0.15, 0.2) is 24.3 Å². The maximum absolute atomic E-state index is 11.6. The summed E-state index contributed by atoms with van der Waals surface area (Å²) in [5.74, 6) is 0.573. The molecule has 1 aliphatic carbocycles. The summed E-state index contributed by atoms with van der Waals surface area (Å²) in [5, 5.41) is 7.55. The number of ether oxygens (including phenoxy) is 1. The summed E-state index contributed by atoms with van der Waals surface area (Å²) >= 11 is 0. The van der Waals surface area contributed by atoms with Crippen LogP contribution in [0.3, 0.4) is 0 Å². The average Bonchev–Trinajstić information content (AvgIpc) is 3.00. The second kappa shape index (κ2) is 7.52. The number of rotatable bonds is 5. The SMILES string of the molecule is CNC(=O)CNC(=O)Nc1ccc(OC2CCCC2)cc1. The van der Waals surface area contributed by atoms with Gasteiger partial charge in [0.2, 0.25) is 5.91 Å². The van der Waals surface area contributed by atoms with Crippen LogP contribution in [0.1, 0.15) is 25.7 Å². The topological polar surface area (TPSA) is 79.5 Å². The first-order valence-corrected chi connectivity index (χ1v) is 7.19. The van der Waals surface area contributed by atoms with Crippen LogP contribution in [-0.4, -0.2) is 31.6 Å². The number of hydrogen-bond acceptors (Lipinski definition) is 3. The molecule has 0 radical (unpaired) electrons. The van der Waals surface area contributed by atoms with E-state index in [1.807, 2.05) is 12.1 Å². The molecule has 2 rings (SSSR count). The zero-order chi connectivity index (χ0) is 15.1. The molecule has 0 aromatic heterocycles. The van der Waals surface area contributed by atoms with E-state index in [-0.39, 0.29) is 12.5 Å². The second-order valence-electron chi connectivity index (χ2n) is 5.03. The number of urea groups is 1. The van der Waals surface area contributed by atoms with Gasteiger partial charge >= 0.3 is 6.03 Å². The Labute approximate surface area is 124 Å². The van der Waals surface area contributed by atoms with Gasteiger partial charge in [0.25, 0.3) is 0 Å². The molecule has 6 nitrogen and oxygen atoms in total. The summed E-state index contributed by atoms with van der Waals surface area (Å²) in [6.07, 6.45) is 5.01. The second-order valence-corrected chi connectivity index (χ2v) is 5.03. The molecule has 6 heteroatoms.